The molecule has 1 aliphatic carbocycles. The monoisotopic (exact) mass is 294 g/mol. The van der Waals surface area contributed by atoms with Gasteiger partial charge in [0, 0.05) is 6.04 Å². The van der Waals surface area contributed by atoms with Gasteiger partial charge in [0.25, 0.3) is 0 Å². The van der Waals surface area contributed by atoms with Gasteiger partial charge in [0.2, 0.25) is 5.91 Å². The standard InChI is InChI=1S/C13H26N2OS.ClH/c1-9-6-10(2)8-11(7-9)15-13(16)12(14)4-5-17-3;/h9-12H,4-8,14H2,1-3H3,(H,15,16);1H/t9?,10?,11?,12-;/m0./s1. The van der Waals surface area contributed by atoms with E-state index in [9.17, 15) is 4.79 Å². The van der Waals surface area contributed by atoms with Gasteiger partial charge in [-0.15, -0.1) is 12.4 Å². The maximum Gasteiger partial charge on any atom is 0.237 e. The van der Waals surface area contributed by atoms with Gasteiger partial charge in [0.1, 0.15) is 0 Å². The van der Waals surface area contributed by atoms with Crippen LogP contribution in [-0.2, 0) is 4.79 Å². The number of halogens is 1. The van der Waals surface area contributed by atoms with Gasteiger partial charge in [-0.25, -0.2) is 0 Å². The molecule has 0 aromatic carbocycles. The van der Waals surface area contributed by atoms with Gasteiger partial charge >= 0.3 is 0 Å². The molecule has 1 fully saturated rings. The van der Waals surface area contributed by atoms with Gasteiger partial charge in [-0.1, -0.05) is 13.8 Å². The summed E-state index contributed by atoms with van der Waals surface area (Å²) in [6.07, 6.45) is 6.29. The molecule has 0 bridgehead atoms. The van der Waals surface area contributed by atoms with E-state index < -0.39 is 0 Å². The Labute approximate surface area is 121 Å². The van der Waals surface area contributed by atoms with Gasteiger partial charge in [-0.2, -0.15) is 11.8 Å². The molecule has 3 atom stereocenters. The lowest BCUT2D eigenvalue weighted by Crippen LogP contribution is -2.47. The smallest absolute Gasteiger partial charge is 0.237 e. The van der Waals surface area contributed by atoms with Crippen LogP contribution >= 0.6 is 24.2 Å². The van der Waals surface area contributed by atoms with E-state index in [1.807, 2.05) is 6.26 Å². The van der Waals surface area contributed by atoms with Crippen molar-refractivity contribution >= 4 is 30.1 Å². The van der Waals surface area contributed by atoms with Crippen molar-refractivity contribution in [2.45, 2.75) is 51.6 Å². The number of amides is 1. The first-order valence-electron chi connectivity index (χ1n) is 6.57. The number of nitrogens with two attached hydrogens (primary N) is 1. The Morgan fingerprint density at radius 3 is 2.39 bits per heavy atom. The molecule has 1 amide bonds. The first kappa shape index (κ1) is 18.1. The minimum atomic E-state index is -0.338. The number of thioether (sulfide) groups is 1. The highest BCUT2D eigenvalue weighted by Gasteiger charge is 2.26. The van der Waals surface area contributed by atoms with Crippen LogP contribution in [-0.4, -0.2) is 30.0 Å². The molecular formula is C13H27ClN2OS. The molecule has 0 heterocycles. The van der Waals surface area contributed by atoms with Gasteiger partial charge in [-0.3, -0.25) is 4.79 Å². The summed E-state index contributed by atoms with van der Waals surface area (Å²) in [5, 5.41) is 3.12. The van der Waals surface area contributed by atoms with Gasteiger partial charge < -0.3 is 11.1 Å². The van der Waals surface area contributed by atoms with Crippen LogP contribution in [0.15, 0.2) is 0 Å². The predicted octanol–water partition coefficient (Wildman–Crippen LogP) is 2.43. The van der Waals surface area contributed by atoms with E-state index in [0.717, 1.165) is 25.0 Å². The SMILES string of the molecule is CSCC[C@H](N)C(=O)NC1CC(C)CC(C)C1.Cl. The van der Waals surface area contributed by atoms with Crippen LogP contribution in [0.3, 0.4) is 0 Å². The van der Waals surface area contributed by atoms with Crippen molar-refractivity contribution in [2.24, 2.45) is 17.6 Å². The lowest BCUT2D eigenvalue weighted by atomic mass is 9.80. The summed E-state index contributed by atoms with van der Waals surface area (Å²) in [5.74, 6) is 2.41. The molecule has 0 aromatic heterocycles. The largest absolute Gasteiger partial charge is 0.352 e. The Balaban J connectivity index is 0.00000289. The van der Waals surface area contributed by atoms with Crippen molar-refractivity contribution < 1.29 is 4.79 Å². The normalized spacial score (nSPS) is 29.2. The molecule has 108 valence electrons. The maximum absolute atomic E-state index is 11.9. The molecule has 1 aliphatic rings. The Morgan fingerprint density at radius 1 is 1.33 bits per heavy atom. The molecule has 18 heavy (non-hydrogen) atoms. The topological polar surface area (TPSA) is 55.1 Å². The number of carbonyl (C=O) groups excluding carboxylic acids is 1. The van der Waals surface area contributed by atoms with E-state index in [1.165, 1.54) is 6.42 Å². The van der Waals surface area contributed by atoms with E-state index >= 15 is 0 Å². The van der Waals surface area contributed by atoms with E-state index in [-0.39, 0.29) is 24.4 Å². The summed E-state index contributed by atoms with van der Waals surface area (Å²) in [4.78, 5) is 11.9. The molecule has 1 rings (SSSR count). The fourth-order valence-corrected chi connectivity index (χ4v) is 3.24. The zero-order chi connectivity index (χ0) is 12.8. The van der Waals surface area contributed by atoms with Crippen molar-refractivity contribution in [2.75, 3.05) is 12.0 Å². The zero-order valence-corrected chi connectivity index (χ0v) is 13.3. The summed E-state index contributed by atoms with van der Waals surface area (Å²) >= 11 is 1.73. The molecule has 1 saturated carbocycles. The van der Waals surface area contributed by atoms with Crippen molar-refractivity contribution in [1.29, 1.82) is 0 Å². The molecule has 0 radical (unpaired) electrons. The maximum atomic E-state index is 11.9. The second-order valence-corrected chi connectivity index (χ2v) is 6.50. The van der Waals surface area contributed by atoms with Crippen molar-refractivity contribution in [3.63, 3.8) is 0 Å². The first-order valence-corrected chi connectivity index (χ1v) is 7.97. The van der Waals surface area contributed by atoms with E-state index in [1.54, 1.807) is 11.8 Å². The molecule has 3 nitrogen and oxygen atoms in total. The van der Waals surface area contributed by atoms with Crippen LogP contribution in [0, 0.1) is 11.8 Å². The third-order valence-electron chi connectivity index (χ3n) is 3.49. The van der Waals surface area contributed by atoms with E-state index in [2.05, 4.69) is 19.2 Å². The van der Waals surface area contributed by atoms with Crippen LogP contribution in [0.25, 0.3) is 0 Å². The van der Waals surface area contributed by atoms with Crippen molar-refractivity contribution in [3.8, 4) is 0 Å². The molecule has 2 unspecified atom stereocenters. The summed E-state index contributed by atoms with van der Waals surface area (Å²) in [6, 6.07) is -0.00318. The Hall–Kier alpha value is 0.0700. The van der Waals surface area contributed by atoms with Crippen LogP contribution in [0.2, 0.25) is 0 Å². The summed E-state index contributed by atoms with van der Waals surface area (Å²) in [6.45, 7) is 4.53. The third-order valence-corrected chi connectivity index (χ3v) is 4.14. The Kier molecular flexibility index (Phi) is 9.09. The lowest BCUT2D eigenvalue weighted by Gasteiger charge is -2.32. The molecule has 0 spiro atoms. The molecule has 5 heteroatoms. The zero-order valence-electron chi connectivity index (χ0n) is 11.6. The number of hydrogen-bond acceptors (Lipinski definition) is 3. The minimum absolute atomic E-state index is 0. The lowest BCUT2D eigenvalue weighted by molar-refractivity contribution is -0.123. The number of carbonyl (C=O) groups is 1. The first-order chi connectivity index (χ1) is 8.02. The highest BCUT2D eigenvalue weighted by atomic mass is 35.5. The quantitative estimate of drug-likeness (QED) is 0.819. The summed E-state index contributed by atoms with van der Waals surface area (Å²) in [5.41, 5.74) is 5.86. The highest BCUT2D eigenvalue weighted by molar-refractivity contribution is 7.98. The van der Waals surface area contributed by atoms with Gasteiger partial charge in [-0.05, 0) is 49.5 Å². The minimum Gasteiger partial charge on any atom is -0.352 e. The second kappa shape index (κ2) is 9.05. The number of nitrogens with one attached hydrogen (secondary N) is 1. The van der Waals surface area contributed by atoms with Gasteiger partial charge in [0.15, 0.2) is 0 Å². The number of rotatable bonds is 5. The Morgan fingerprint density at radius 2 is 1.89 bits per heavy atom. The molecule has 3 N–H and O–H groups in total. The van der Waals surface area contributed by atoms with Crippen molar-refractivity contribution in [3.05, 3.63) is 0 Å². The summed E-state index contributed by atoms with van der Waals surface area (Å²) in [7, 11) is 0. The van der Waals surface area contributed by atoms with Crippen LogP contribution in [0.5, 0.6) is 0 Å². The van der Waals surface area contributed by atoms with Gasteiger partial charge in [0.05, 0.1) is 6.04 Å². The third kappa shape index (κ3) is 6.30. The highest BCUT2D eigenvalue weighted by Crippen LogP contribution is 2.28. The van der Waals surface area contributed by atoms with E-state index in [4.69, 9.17) is 5.73 Å². The van der Waals surface area contributed by atoms with Crippen LogP contribution in [0.4, 0.5) is 0 Å². The van der Waals surface area contributed by atoms with E-state index in [0.29, 0.717) is 17.9 Å². The molecule has 0 aromatic rings. The van der Waals surface area contributed by atoms with Crippen LogP contribution in [0.1, 0.15) is 39.5 Å². The molecule has 0 aliphatic heterocycles. The van der Waals surface area contributed by atoms with Crippen molar-refractivity contribution in [1.82, 2.24) is 5.32 Å². The fraction of sp³-hybridized carbons (Fsp3) is 0.923. The molecule has 0 saturated heterocycles. The molecular weight excluding hydrogens is 268 g/mol. The summed E-state index contributed by atoms with van der Waals surface area (Å²) < 4.78 is 0. The number of hydrogen-bond donors (Lipinski definition) is 2. The average Bonchev–Trinajstić information content (AvgIpc) is 2.24. The average molecular weight is 295 g/mol. The second-order valence-electron chi connectivity index (χ2n) is 5.51. The van der Waals surface area contributed by atoms with Crippen LogP contribution < -0.4 is 11.1 Å². The Bertz CT molecular complexity index is 243. The fourth-order valence-electron chi connectivity index (χ4n) is 2.75. The predicted molar refractivity (Wildman–Crippen MR) is 82.3 cm³/mol.